The molecular weight excluding hydrogens is 461 g/mol. The molecule has 4 rings (SSSR count). The maximum absolute atomic E-state index is 14.2. The van der Waals surface area contributed by atoms with Crippen LogP contribution in [-0.2, 0) is 5.54 Å². The predicted molar refractivity (Wildman–Crippen MR) is 104 cm³/mol. The Morgan fingerprint density at radius 2 is 1.52 bits per heavy atom. The number of benzene rings is 1. The molecule has 0 radical (unpaired) electrons. The molecule has 0 amide bonds. The van der Waals surface area contributed by atoms with Crippen molar-refractivity contribution in [3.05, 3.63) is 56.5 Å². The van der Waals surface area contributed by atoms with E-state index in [9.17, 15) is 40.3 Å². The van der Waals surface area contributed by atoms with Crippen molar-refractivity contribution in [2.75, 3.05) is 5.32 Å². The van der Waals surface area contributed by atoms with Gasteiger partial charge in [0.2, 0.25) is 0 Å². The molecule has 178 valence electrons. The van der Waals surface area contributed by atoms with Crippen LogP contribution in [0.5, 0.6) is 0 Å². The first-order chi connectivity index (χ1) is 15.4. The van der Waals surface area contributed by atoms with E-state index in [2.05, 4.69) is 10.3 Å². The van der Waals surface area contributed by atoms with Crippen LogP contribution in [0.25, 0.3) is 5.69 Å². The molecule has 1 saturated carbocycles. The molecule has 1 aliphatic heterocycles. The summed E-state index contributed by atoms with van der Waals surface area (Å²) in [6.07, 6.45) is -9.62. The minimum atomic E-state index is -6.06. The second-order valence-corrected chi connectivity index (χ2v) is 7.96. The second kappa shape index (κ2) is 7.73. The number of amidine groups is 1. The molecule has 1 fully saturated rings. The SMILES string of the molecule is O=c1[nH]c(=O)n(-c2ccc(F)cc2)c2c1C(C(F)(F)F)(C(F)(F)F)N=C(C1CCCCC1)N2. The zero-order chi connectivity index (χ0) is 24.2. The number of anilines is 1. The predicted octanol–water partition coefficient (Wildman–Crippen LogP) is 4.39. The molecule has 2 aromatic rings. The Balaban J connectivity index is 2.10. The lowest BCUT2D eigenvalue weighted by Crippen LogP contribution is -2.59. The van der Waals surface area contributed by atoms with Gasteiger partial charge in [-0.25, -0.2) is 18.7 Å². The van der Waals surface area contributed by atoms with E-state index in [0.717, 1.165) is 30.7 Å². The minimum Gasteiger partial charge on any atom is -0.329 e. The van der Waals surface area contributed by atoms with Gasteiger partial charge in [-0.05, 0) is 37.1 Å². The molecule has 2 N–H and O–H groups in total. The number of fused-ring (bicyclic) bond motifs is 1. The van der Waals surface area contributed by atoms with E-state index in [-0.39, 0.29) is 18.5 Å². The zero-order valence-corrected chi connectivity index (χ0v) is 16.8. The van der Waals surface area contributed by atoms with E-state index >= 15 is 0 Å². The van der Waals surface area contributed by atoms with Crippen molar-refractivity contribution in [3.63, 3.8) is 0 Å². The molecule has 6 nitrogen and oxygen atoms in total. The van der Waals surface area contributed by atoms with E-state index in [1.807, 2.05) is 0 Å². The number of aromatic amines is 1. The molecular formula is C20H17F7N4O2. The Kier molecular flexibility index (Phi) is 5.40. The fourth-order valence-electron chi connectivity index (χ4n) is 4.35. The summed E-state index contributed by atoms with van der Waals surface area (Å²) in [6.45, 7) is 0. The van der Waals surface area contributed by atoms with Gasteiger partial charge < -0.3 is 5.32 Å². The third-order valence-corrected chi connectivity index (χ3v) is 5.90. The number of hydrogen-bond acceptors (Lipinski definition) is 4. The first-order valence-corrected chi connectivity index (χ1v) is 10.0. The van der Waals surface area contributed by atoms with E-state index < -0.39 is 58.1 Å². The van der Waals surface area contributed by atoms with Crippen LogP contribution < -0.4 is 16.6 Å². The number of H-pyrrole nitrogens is 1. The first kappa shape index (κ1) is 23.1. The number of hydrogen-bond donors (Lipinski definition) is 2. The van der Waals surface area contributed by atoms with E-state index in [0.29, 0.717) is 17.4 Å². The minimum absolute atomic E-state index is 0.246. The number of rotatable bonds is 2. The smallest absolute Gasteiger partial charge is 0.329 e. The Labute approximate surface area is 181 Å². The molecule has 1 aliphatic carbocycles. The standard InChI is InChI=1S/C20H17F7N4O2/c21-11-6-8-12(9-7-11)31-15-13(16(32)29-17(31)33)18(19(22,23)24,20(25,26)27)30-14(28-15)10-4-2-1-3-5-10/h6-10H,1-5H2,(H,28,30)(H,29,32,33). The Morgan fingerprint density at radius 3 is 2.06 bits per heavy atom. The van der Waals surface area contributed by atoms with Gasteiger partial charge in [-0.1, -0.05) is 19.3 Å². The van der Waals surface area contributed by atoms with Crippen molar-refractivity contribution in [1.82, 2.24) is 9.55 Å². The zero-order valence-electron chi connectivity index (χ0n) is 16.8. The van der Waals surface area contributed by atoms with Crippen molar-refractivity contribution in [1.29, 1.82) is 0 Å². The van der Waals surface area contributed by atoms with Gasteiger partial charge in [-0.3, -0.25) is 9.78 Å². The molecule has 13 heteroatoms. The van der Waals surface area contributed by atoms with Gasteiger partial charge >= 0.3 is 18.0 Å². The van der Waals surface area contributed by atoms with Crippen LogP contribution in [0, 0.1) is 11.7 Å². The lowest BCUT2D eigenvalue weighted by molar-refractivity contribution is -0.301. The third kappa shape index (κ3) is 3.62. The highest BCUT2D eigenvalue weighted by molar-refractivity contribution is 5.99. The summed E-state index contributed by atoms with van der Waals surface area (Å²) in [6, 6.07) is 3.73. The number of aromatic nitrogens is 2. The van der Waals surface area contributed by atoms with Crippen molar-refractivity contribution in [2.24, 2.45) is 10.9 Å². The third-order valence-electron chi connectivity index (χ3n) is 5.90. The number of nitrogens with zero attached hydrogens (tertiary/aromatic N) is 2. The van der Waals surface area contributed by atoms with Crippen molar-refractivity contribution in [3.8, 4) is 5.69 Å². The molecule has 2 aliphatic rings. The van der Waals surface area contributed by atoms with Crippen molar-refractivity contribution < 1.29 is 30.7 Å². The summed E-state index contributed by atoms with van der Waals surface area (Å²) >= 11 is 0. The highest BCUT2D eigenvalue weighted by Crippen LogP contribution is 2.55. The fraction of sp³-hybridized carbons (Fsp3) is 0.450. The van der Waals surface area contributed by atoms with Crippen LogP contribution in [0.3, 0.4) is 0 Å². The summed E-state index contributed by atoms with van der Waals surface area (Å²) in [5.41, 5.74) is -10.1. The van der Waals surface area contributed by atoms with E-state index in [1.165, 1.54) is 4.98 Å². The summed E-state index contributed by atoms with van der Waals surface area (Å²) in [5.74, 6) is -3.10. The average molecular weight is 478 g/mol. The van der Waals surface area contributed by atoms with Crippen molar-refractivity contribution in [2.45, 2.75) is 50.0 Å². The molecule has 0 bridgehead atoms. The van der Waals surface area contributed by atoms with Crippen LogP contribution >= 0.6 is 0 Å². The highest BCUT2D eigenvalue weighted by Gasteiger charge is 2.75. The van der Waals surface area contributed by atoms with Gasteiger partial charge in [-0.2, -0.15) is 26.3 Å². The number of nitrogens with one attached hydrogen (secondary N) is 2. The summed E-state index contributed by atoms with van der Waals surface area (Å²) < 4.78 is 99.2. The van der Waals surface area contributed by atoms with Gasteiger partial charge in [-0.15, -0.1) is 0 Å². The van der Waals surface area contributed by atoms with Gasteiger partial charge in [0.25, 0.3) is 11.1 Å². The van der Waals surface area contributed by atoms with E-state index in [1.54, 1.807) is 0 Å². The Bertz CT molecular complexity index is 1190. The number of halogens is 7. The molecule has 0 unspecified atom stereocenters. The van der Waals surface area contributed by atoms with Gasteiger partial charge in [0.05, 0.1) is 5.69 Å². The molecule has 0 spiro atoms. The molecule has 0 saturated heterocycles. The molecule has 2 heterocycles. The van der Waals surface area contributed by atoms with Gasteiger partial charge in [0.1, 0.15) is 23.0 Å². The normalized spacial score (nSPS) is 18.9. The second-order valence-electron chi connectivity index (χ2n) is 7.96. The van der Waals surface area contributed by atoms with Crippen LogP contribution in [-0.4, -0.2) is 27.7 Å². The molecule has 1 aromatic heterocycles. The fourth-order valence-corrected chi connectivity index (χ4v) is 4.35. The average Bonchev–Trinajstić information content (AvgIpc) is 2.73. The van der Waals surface area contributed by atoms with Crippen LogP contribution in [0.15, 0.2) is 38.8 Å². The monoisotopic (exact) mass is 478 g/mol. The maximum atomic E-state index is 14.2. The number of alkyl halides is 6. The van der Waals surface area contributed by atoms with Crippen LogP contribution in [0.2, 0.25) is 0 Å². The first-order valence-electron chi connectivity index (χ1n) is 10.0. The Morgan fingerprint density at radius 1 is 0.939 bits per heavy atom. The lowest BCUT2D eigenvalue weighted by Gasteiger charge is -2.40. The summed E-state index contributed by atoms with van der Waals surface area (Å²) in [5, 5.41) is 2.43. The molecule has 0 atom stereocenters. The van der Waals surface area contributed by atoms with E-state index in [4.69, 9.17) is 0 Å². The van der Waals surface area contributed by atoms with Gasteiger partial charge in [0.15, 0.2) is 0 Å². The summed E-state index contributed by atoms with van der Waals surface area (Å²) in [4.78, 5) is 29.7. The Hall–Kier alpha value is -3.12. The summed E-state index contributed by atoms with van der Waals surface area (Å²) in [7, 11) is 0. The van der Waals surface area contributed by atoms with Crippen LogP contribution in [0.1, 0.15) is 37.7 Å². The topological polar surface area (TPSA) is 79.2 Å². The van der Waals surface area contributed by atoms with Crippen LogP contribution in [0.4, 0.5) is 36.6 Å². The lowest BCUT2D eigenvalue weighted by atomic mass is 9.84. The van der Waals surface area contributed by atoms with Gasteiger partial charge in [0, 0.05) is 5.92 Å². The number of aliphatic imine (C=N–C) groups is 1. The largest absolute Gasteiger partial charge is 0.427 e. The van der Waals surface area contributed by atoms with Crippen molar-refractivity contribution >= 4 is 11.7 Å². The molecule has 1 aromatic carbocycles. The maximum Gasteiger partial charge on any atom is 0.427 e. The highest BCUT2D eigenvalue weighted by atomic mass is 19.4. The molecule has 33 heavy (non-hydrogen) atoms. The quantitative estimate of drug-likeness (QED) is 0.629.